The quantitative estimate of drug-likeness (QED) is 0.753. The SMILES string of the molecule is Cc1ccc(-c2[nH]ncc2CN2CCCN(C(=O)c3ccco3)CC2)cc1C. The second-order valence-electron chi connectivity index (χ2n) is 7.47. The van der Waals surface area contributed by atoms with Gasteiger partial charge >= 0.3 is 0 Å². The molecule has 3 aromatic rings. The Morgan fingerprint density at radius 3 is 2.82 bits per heavy atom. The minimum Gasteiger partial charge on any atom is -0.459 e. The molecule has 0 spiro atoms. The third-order valence-electron chi connectivity index (χ3n) is 5.52. The topological polar surface area (TPSA) is 65.4 Å². The predicted octanol–water partition coefficient (Wildman–Crippen LogP) is 3.63. The van der Waals surface area contributed by atoms with Gasteiger partial charge in [0.25, 0.3) is 5.91 Å². The van der Waals surface area contributed by atoms with Crippen molar-refractivity contribution in [1.29, 1.82) is 0 Å². The summed E-state index contributed by atoms with van der Waals surface area (Å²) in [6.45, 7) is 8.33. The first-order valence-electron chi connectivity index (χ1n) is 9.77. The van der Waals surface area contributed by atoms with Crippen LogP contribution >= 0.6 is 0 Å². The fourth-order valence-corrected chi connectivity index (χ4v) is 3.71. The molecule has 1 saturated heterocycles. The summed E-state index contributed by atoms with van der Waals surface area (Å²) in [5.41, 5.74) is 6.00. The second kappa shape index (κ2) is 8.02. The van der Waals surface area contributed by atoms with Crippen molar-refractivity contribution in [2.45, 2.75) is 26.8 Å². The number of amides is 1. The molecule has 6 nitrogen and oxygen atoms in total. The molecular weight excluding hydrogens is 352 g/mol. The minimum absolute atomic E-state index is 0.0222. The first-order chi connectivity index (χ1) is 13.6. The third-order valence-corrected chi connectivity index (χ3v) is 5.52. The molecule has 1 amide bonds. The van der Waals surface area contributed by atoms with Gasteiger partial charge in [-0.1, -0.05) is 12.1 Å². The number of nitrogens with zero attached hydrogens (tertiary/aromatic N) is 3. The van der Waals surface area contributed by atoms with Crippen molar-refractivity contribution in [1.82, 2.24) is 20.0 Å². The molecule has 0 radical (unpaired) electrons. The number of nitrogens with one attached hydrogen (secondary N) is 1. The lowest BCUT2D eigenvalue weighted by Gasteiger charge is -2.21. The predicted molar refractivity (Wildman–Crippen MR) is 108 cm³/mol. The summed E-state index contributed by atoms with van der Waals surface area (Å²) in [7, 11) is 0. The highest BCUT2D eigenvalue weighted by Crippen LogP contribution is 2.25. The summed E-state index contributed by atoms with van der Waals surface area (Å²) in [4.78, 5) is 16.8. The number of benzene rings is 1. The molecule has 1 fully saturated rings. The molecule has 0 saturated carbocycles. The highest BCUT2D eigenvalue weighted by atomic mass is 16.3. The molecule has 1 N–H and O–H groups in total. The van der Waals surface area contributed by atoms with Crippen LogP contribution in [0.5, 0.6) is 0 Å². The van der Waals surface area contributed by atoms with E-state index in [4.69, 9.17) is 4.42 Å². The molecule has 0 atom stereocenters. The van der Waals surface area contributed by atoms with Crippen LogP contribution in [0.3, 0.4) is 0 Å². The van der Waals surface area contributed by atoms with E-state index in [9.17, 15) is 4.79 Å². The number of furan rings is 1. The first-order valence-corrected chi connectivity index (χ1v) is 9.77. The molecule has 0 aliphatic carbocycles. The Bertz CT molecular complexity index is 945. The lowest BCUT2D eigenvalue weighted by atomic mass is 10.0. The van der Waals surface area contributed by atoms with Crippen LogP contribution in [-0.4, -0.2) is 52.1 Å². The van der Waals surface area contributed by atoms with Crippen LogP contribution in [0.1, 0.15) is 33.7 Å². The number of carbonyl (C=O) groups is 1. The Labute approximate surface area is 165 Å². The molecule has 4 rings (SSSR count). The Morgan fingerprint density at radius 2 is 2.04 bits per heavy atom. The van der Waals surface area contributed by atoms with Crippen LogP contribution < -0.4 is 0 Å². The maximum Gasteiger partial charge on any atom is 0.289 e. The summed E-state index contributed by atoms with van der Waals surface area (Å²) < 4.78 is 5.27. The van der Waals surface area contributed by atoms with Gasteiger partial charge < -0.3 is 9.32 Å². The highest BCUT2D eigenvalue weighted by molar-refractivity contribution is 5.91. The molecular formula is C22H26N4O2. The summed E-state index contributed by atoms with van der Waals surface area (Å²) >= 11 is 0. The van der Waals surface area contributed by atoms with Crippen molar-refractivity contribution in [3.63, 3.8) is 0 Å². The van der Waals surface area contributed by atoms with Crippen molar-refractivity contribution in [2.24, 2.45) is 0 Å². The van der Waals surface area contributed by atoms with Gasteiger partial charge in [0.05, 0.1) is 18.2 Å². The van der Waals surface area contributed by atoms with Crippen molar-refractivity contribution in [2.75, 3.05) is 26.2 Å². The van der Waals surface area contributed by atoms with E-state index in [1.165, 1.54) is 22.3 Å². The largest absolute Gasteiger partial charge is 0.459 e. The Balaban J connectivity index is 1.44. The maximum absolute atomic E-state index is 12.5. The normalized spacial score (nSPS) is 15.6. The fourth-order valence-electron chi connectivity index (χ4n) is 3.71. The summed E-state index contributed by atoms with van der Waals surface area (Å²) in [5.74, 6) is 0.395. The molecule has 0 unspecified atom stereocenters. The van der Waals surface area contributed by atoms with Gasteiger partial charge in [-0.2, -0.15) is 5.10 Å². The number of hydrogen-bond acceptors (Lipinski definition) is 4. The van der Waals surface area contributed by atoms with Gasteiger partial charge in [0.2, 0.25) is 0 Å². The monoisotopic (exact) mass is 378 g/mol. The van der Waals surface area contributed by atoms with E-state index in [1.807, 2.05) is 11.1 Å². The third kappa shape index (κ3) is 3.87. The van der Waals surface area contributed by atoms with Crippen molar-refractivity contribution < 1.29 is 9.21 Å². The van der Waals surface area contributed by atoms with Crippen LogP contribution in [0.4, 0.5) is 0 Å². The molecule has 0 bridgehead atoms. The van der Waals surface area contributed by atoms with Gasteiger partial charge in [0.15, 0.2) is 5.76 Å². The van der Waals surface area contributed by atoms with Gasteiger partial charge in [-0.25, -0.2) is 0 Å². The van der Waals surface area contributed by atoms with Gasteiger partial charge in [-0.05, 0) is 49.6 Å². The Kier molecular flexibility index (Phi) is 5.30. The molecule has 1 aliphatic heterocycles. The van der Waals surface area contributed by atoms with E-state index in [0.717, 1.165) is 38.3 Å². The number of aryl methyl sites for hydroxylation is 2. The Hall–Kier alpha value is -2.86. The van der Waals surface area contributed by atoms with Crippen LogP contribution in [0.25, 0.3) is 11.3 Å². The number of rotatable bonds is 4. The molecule has 28 heavy (non-hydrogen) atoms. The van der Waals surface area contributed by atoms with Gasteiger partial charge in [-0.3, -0.25) is 14.8 Å². The first kappa shape index (κ1) is 18.5. The fraction of sp³-hybridized carbons (Fsp3) is 0.364. The summed E-state index contributed by atoms with van der Waals surface area (Å²) in [5, 5.41) is 7.45. The van der Waals surface area contributed by atoms with Crippen molar-refractivity contribution >= 4 is 5.91 Å². The summed E-state index contributed by atoms with van der Waals surface area (Å²) in [6.07, 6.45) is 4.41. The lowest BCUT2D eigenvalue weighted by molar-refractivity contribution is 0.0729. The van der Waals surface area contributed by atoms with Crippen molar-refractivity contribution in [3.05, 3.63) is 65.2 Å². The average molecular weight is 378 g/mol. The molecule has 2 aromatic heterocycles. The minimum atomic E-state index is -0.0222. The number of H-pyrrole nitrogens is 1. The van der Waals surface area contributed by atoms with E-state index in [2.05, 4.69) is 47.1 Å². The smallest absolute Gasteiger partial charge is 0.289 e. The summed E-state index contributed by atoms with van der Waals surface area (Å²) in [6, 6.07) is 9.99. The molecule has 3 heterocycles. The zero-order chi connectivity index (χ0) is 19.5. The maximum atomic E-state index is 12.5. The van der Waals surface area contributed by atoms with E-state index in [-0.39, 0.29) is 5.91 Å². The van der Waals surface area contributed by atoms with Crippen LogP contribution in [0, 0.1) is 13.8 Å². The average Bonchev–Trinajstić information content (AvgIpc) is 3.33. The number of hydrogen-bond donors (Lipinski definition) is 1. The van der Waals surface area contributed by atoms with Crippen LogP contribution in [-0.2, 0) is 6.54 Å². The zero-order valence-corrected chi connectivity index (χ0v) is 16.4. The Morgan fingerprint density at radius 1 is 1.14 bits per heavy atom. The number of aromatic nitrogens is 2. The van der Waals surface area contributed by atoms with E-state index < -0.39 is 0 Å². The van der Waals surface area contributed by atoms with Crippen LogP contribution in [0.2, 0.25) is 0 Å². The van der Waals surface area contributed by atoms with Gasteiger partial charge in [0, 0.05) is 43.9 Å². The molecule has 6 heteroatoms. The number of carbonyl (C=O) groups excluding carboxylic acids is 1. The van der Waals surface area contributed by atoms with E-state index >= 15 is 0 Å². The molecule has 146 valence electrons. The molecule has 1 aliphatic rings. The number of aromatic amines is 1. The highest BCUT2D eigenvalue weighted by Gasteiger charge is 2.22. The van der Waals surface area contributed by atoms with Gasteiger partial charge in [-0.15, -0.1) is 0 Å². The van der Waals surface area contributed by atoms with Gasteiger partial charge in [0.1, 0.15) is 0 Å². The van der Waals surface area contributed by atoms with E-state index in [1.54, 1.807) is 18.4 Å². The lowest BCUT2D eigenvalue weighted by Crippen LogP contribution is -2.34. The van der Waals surface area contributed by atoms with E-state index in [0.29, 0.717) is 12.3 Å². The van der Waals surface area contributed by atoms with Crippen molar-refractivity contribution in [3.8, 4) is 11.3 Å². The standard InChI is InChI=1S/C22H26N4O2/c1-16-6-7-18(13-17(16)2)21-19(14-23-24-21)15-25-8-4-9-26(11-10-25)22(27)20-5-3-12-28-20/h3,5-7,12-14H,4,8-11,15H2,1-2H3,(H,23,24). The van der Waals surface area contributed by atoms with Crippen LogP contribution in [0.15, 0.2) is 47.2 Å². The molecule has 1 aromatic carbocycles. The zero-order valence-electron chi connectivity index (χ0n) is 16.4. The second-order valence-corrected chi connectivity index (χ2v) is 7.47.